The number of carbonyl (C=O) groups is 1. The number of aromatic amines is 1. The molecule has 0 aliphatic heterocycles. The molecular weight excluding hydrogens is 230 g/mol. The summed E-state index contributed by atoms with van der Waals surface area (Å²) < 4.78 is 10.4. The summed E-state index contributed by atoms with van der Waals surface area (Å²) in [6, 6.07) is 7.26. The molecule has 1 N–H and O–H groups in total. The molecule has 0 atom stereocenters. The first-order valence-corrected chi connectivity index (χ1v) is 5.61. The van der Waals surface area contributed by atoms with Crippen LogP contribution in [0.2, 0.25) is 0 Å². The highest BCUT2D eigenvalue weighted by Gasteiger charge is 2.10. The Kier molecular flexibility index (Phi) is 3.67. The molecule has 0 saturated carbocycles. The number of nitrogens with one attached hydrogen (secondary N) is 1. The third kappa shape index (κ3) is 2.53. The molecule has 0 aliphatic carbocycles. The molecule has 0 unspecified atom stereocenters. The number of carbonyl (C=O) groups excluding carboxylic acids is 1. The van der Waals surface area contributed by atoms with Crippen molar-refractivity contribution in [2.45, 2.75) is 6.42 Å². The van der Waals surface area contributed by atoms with E-state index in [1.807, 2.05) is 12.1 Å². The first-order chi connectivity index (χ1) is 8.74. The van der Waals surface area contributed by atoms with E-state index in [0.717, 1.165) is 5.56 Å². The number of hydrogen-bond donors (Lipinski definition) is 1. The predicted octanol–water partition coefficient (Wildman–Crippen LogP) is 2.46. The summed E-state index contributed by atoms with van der Waals surface area (Å²) in [5.74, 6) is 1.37. The monoisotopic (exact) mass is 245 g/mol. The number of aromatic nitrogens is 1. The van der Waals surface area contributed by atoms with Gasteiger partial charge in [0, 0.05) is 24.4 Å². The molecule has 0 aliphatic rings. The van der Waals surface area contributed by atoms with Gasteiger partial charge in [0.1, 0.15) is 0 Å². The lowest BCUT2D eigenvalue weighted by Gasteiger charge is -2.08. The van der Waals surface area contributed by atoms with E-state index >= 15 is 0 Å². The van der Waals surface area contributed by atoms with Crippen molar-refractivity contribution in [1.29, 1.82) is 0 Å². The normalized spacial score (nSPS) is 10.1. The molecule has 1 aromatic carbocycles. The number of methoxy groups -OCH3 is 2. The SMILES string of the molecule is COc1ccc(CC(=O)c2cc[nH]c2)cc1OC. The fraction of sp³-hybridized carbons (Fsp3) is 0.214. The van der Waals surface area contributed by atoms with E-state index in [-0.39, 0.29) is 5.78 Å². The van der Waals surface area contributed by atoms with Crippen molar-refractivity contribution in [3.8, 4) is 11.5 Å². The molecule has 0 fully saturated rings. The molecule has 1 aromatic heterocycles. The molecule has 2 aromatic rings. The van der Waals surface area contributed by atoms with Gasteiger partial charge in [0.15, 0.2) is 17.3 Å². The van der Waals surface area contributed by atoms with Crippen LogP contribution in [0, 0.1) is 0 Å². The van der Waals surface area contributed by atoms with Crippen LogP contribution in [0.15, 0.2) is 36.7 Å². The molecular formula is C14H15NO3. The molecule has 0 bridgehead atoms. The van der Waals surface area contributed by atoms with Crippen molar-refractivity contribution >= 4 is 5.78 Å². The van der Waals surface area contributed by atoms with Gasteiger partial charge in [-0.25, -0.2) is 0 Å². The Labute approximate surface area is 106 Å². The second-order valence-electron chi connectivity index (χ2n) is 3.89. The molecule has 94 valence electrons. The Morgan fingerprint density at radius 3 is 2.56 bits per heavy atom. The zero-order valence-corrected chi connectivity index (χ0v) is 10.4. The summed E-state index contributed by atoms with van der Waals surface area (Å²) in [5.41, 5.74) is 1.59. The van der Waals surface area contributed by atoms with Crippen LogP contribution < -0.4 is 9.47 Å². The van der Waals surface area contributed by atoms with Crippen LogP contribution >= 0.6 is 0 Å². The average Bonchev–Trinajstić information content (AvgIpc) is 2.92. The maximum Gasteiger partial charge on any atom is 0.168 e. The van der Waals surface area contributed by atoms with Crippen molar-refractivity contribution in [2.24, 2.45) is 0 Å². The van der Waals surface area contributed by atoms with E-state index in [4.69, 9.17) is 9.47 Å². The van der Waals surface area contributed by atoms with E-state index in [1.165, 1.54) is 0 Å². The minimum atomic E-state index is 0.0727. The van der Waals surface area contributed by atoms with Crippen molar-refractivity contribution < 1.29 is 14.3 Å². The summed E-state index contributed by atoms with van der Waals surface area (Å²) in [5, 5.41) is 0. The van der Waals surface area contributed by atoms with Crippen molar-refractivity contribution in [1.82, 2.24) is 4.98 Å². The molecule has 0 spiro atoms. The van der Waals surface area contributed by atoms with Crippen LogP contribution in [-0.2, 0) is 6.42 Å². The van der Waals surface area contributed by atoms with Crippen LogP contribution in [-0.4, -0.2) is 25.0 Å². The van der Waals surface area contributed by atoms with Crippen molar-refractivity contribution in [3.05, 3.63) is 47.8 Å². The molecule has 4 nitrogen and oxygen atoms in total. The van der Waals surface area contributed by atoms with Gasteiger partial charge in [-0.05, 0) is 23.8 Å². The highest BCUT2D eigenvalue weighted by Crippen LogP contribution is 2.27. The molecule has 18 heavy (non-hydrogen) atoms. The number of rotatable bonds is 5. The van der Waals surface area contributed by atoms with Gasteiger partial charge in [-0.3, -0.25) is 4.79 Å². The summed E-state index contributed by atoms with van der Waals surface area (Å²) >= 11 is 0. The Bertz CT molecular complexity index is 532. The Balaban J connectivity index is 2.17. The molecule has 2 rings (SSSR count). The van der Waals surface area contributed by atoms with E-state index in [0.29, 0.717) is 23.5 Å². The zero-order chi connectivity index (χ0) is 13.0. The average molecular weight is 245 g/mol. The number of benzene rings is 1. The third-order valence-corrected chi connectivity index (χ3v) is 2.73. The number of ether oxygens (including phenoxy) is 2. The first-order valence-electron chi connectivity index (χ1n) is 5.61. The highest BCUT2D eigenvalue weighted by molar-refractivity contribution is 5.97. The topological polar surface area (TPSA) is 51.3 Å². The maximum absolute atomic E-state index is 11.9. The summed E-state index contributed by atoms with van der Waals surface area (Å²) in [6.07, 6.45) is 3.78. The van der Waals surface area contributed by atoms with Gasteiger partial charge in [0.05, 0.1) is 14.2 Å². The van der Waals surface area contributed by atoms with Gasteiger partial charge >= 0.3 is 0 Å². The van der Waals surface area contributed by atoms with E-state index in [9.17, 15) is 4.79 Å². The number of ketones is 1. The van der Waals surface area contributed by atoms with Crippen LogP contribution in [0.1, 0.15) is 15.9 Å². The zero-order valence-electron chi connectivity index (χ0n) is 10.4. The van der Waals surface area contributed by atoms with Crippen LogP contribution in [0.5, 0.6) is 11.5 Å². The maximum atomic E-state index is 11.9. The van der Waals surface area contributed by atoms with Crippen LogP contribution in [0.4, 0.5) is 0 Å². The summed E-state index contributed by atoms with van der Waals surface area (Å²) in [6.45, 7) is 0. The Hall–Kier alpha value is -2.23. The standard InChI is InChI=1S/C14H15NO3/c1-17-13-4-3-10(8-14(13)18-2)7-12(16)11-5-6-15-9-11/h3-6,8-9,15H,7H2,1-2H3. The van der Waals surface area contributed by atoms with Gasteiger partial charge in [-0.2, -0.15) is 0 Å². The molecule has 0 amide bonds. The third-order valence-electron chi connectivity index (χ3n) is 2.73. The largest absolute Gasteiger partial charge is 0.493 e. The molecule has 1 heterocycles. The quantitative estimate of drug-likeness (QED) is 0.823. The summed E-state index contributed by atoms with van der Waals surface area (Å²) in [4.78, 5) is 14.8. The molecule has 0 saturated heterocycles. The molecule has 4 heteroatoms. The second kappa shape index (κ2) is 5.40. The number of hydrogen-bond acceptors (Lipinski definition) is 3. The fourth-order valence-corrected chi connectivity index (χ4v) is 1.78. The Morgan fingerprint density at radius 1 is 1.17 bits per heavy atom. The van der Waals surface area contributed by atoms with Crippen molar-refractivity contribution in [3.63, 3.8) is 0 Å². The Morgan fingerprint density at radius 2 is 1.94 bits per heavy atom. The number of Topliss-reactive ketones (excluding diaryl/α,β-unsaturated/α-hetero) is 1. The fourth-order valence-electron chi connectivity index (χ4n) is 1.78. The summed E-state index contributed by atoms with van der Waals surface area (Å²) in [7, 11) is 3.16. The second-order valence-corrected chi connectivity index (χ2v) is 3.89. The smallest absolute Gasteiger partial charge is 0.168 e. The minimum Gasteiger partial charge on any atom is -0.493 e. The van der Waals surface area contributed by atoms with Gasteiger partial charge in [-0.15, -0.1) is 0 Å². The predicted molar refractivity (Wildman–Crippen MR) is 68.4 cm³/mol. The lowest BCUT2D eigenvalue weighted by Crippen LogP contribution is -2.02. The van der Waals surface area contributed by atoms with Crippen LogP contribution in [0.3, 0.4) is 0 Å². The van der Waals surface area contributed by atoms with E-state index in [1.54, 1.807) is 38.7 Å². The minimum absolute atomic E-state index is 0.0727. The van der Waals surface area contributed by atoms with E-state index in [2.05, 4.69) is 4.98 Å². The van der Waals surface area contributed by atoms with Gasteiger partial charge in [0.2, 0.25) is 0 Å². The first kappa shape index (κ1) is 12.2. The number of H-pyrrole nitrogens is 1. The lowest BCUT2D eigenvalue weighted by atomic mass is 10.0. The van der Waals surface area contributed by atoms with Gasteiger partial charge < -0.3 is 14.5 Å². The van der Waals surface area contributed by atoms with Gasteiger partial charge in [-0.1, -0.05) is 6.07 Å². The van der Waals surface area contributed by atoms with Crippen LogP contribution in [0.25, 0.3) is 0 Å². The molecule has 0 radical (unpaired) electrons. The van der Waals surface area contributed by atoms with Crippen molar-refractivity contribution in [2.75, 3.05) is 14.2 Å². The highest BCUT2D eigenvalue weighted by atomic mass is 16.5. The van der Waals surface area contributed by atoms with E-state index < -0.39 is 0 Å². The lowest BCUT2D eigenvalue weighted by molar-refractivity contribution is 0.0993. The van der Waals surface area contributed by atoms with Gasteiger partial charge in [0.25, 0.3) is 0 Å².